The van der Waals surface area contributed by atoms with Gasteiger partial charge in [0.25, 0.3) is 0 Å². The molecule has 0 saturated heterocycles. The zero-order chi connectivity index (χ0) is 13.2. The van der Waals surface area contributed by atoms with E-state index in [1.165, 1.54) is 5.56 Å². The van der Waals surface area contributed by atoms with Crippen molar-refractivity contribution in [3.8, 4) is 0 Å². The molecule has 0 aliphatic heterocycles. The van der Waals surface area contributed by atoms with Gasteiger partial charge in [0, 0.05) is 30.6 Å². The van der Waals surface area contributed by atoms with Crippen LogP contribution in [0.25, 0.3) is 0 Å². The Kier molecular flexibility index (Phi) is 8.13. The zero-order valence-corrected chi connectivity index (χ0v) is 12.9. The third kappa shape index (κ3) is 6.42. The summed E-state index contributed by atoms with van der Waals surface area (Å²) >= 11 is 5.14. The number of alkyl halides is 1. The molecule has 1 aromatic carbocycles. The maximum Gasteiger partial charge on any atom is 0.217 e. The van der Waals surface area contributed by atoms with Gasteiger partial charge in [0.05, 0.1) is 5.88 Å². The van der Waals surface area contributed by atoms with Crippen LogP contribution in [0.2, 0.25) is 0 Å². The van der Waals surface area contributed by atoms with Crippen molar-refractivity contribution < 1.29 is 4.79 Å². The van der Waals surface area contributed by atoms with Gasteiger partial charge in [-0.05, 0) is 5.56 Å². The highest BCUT2D eigenvalue weighted by Gasteiger charge is 2.11. The van der Waals surface area contributed by atoms with Gasteiger partial charge in [-0.1, -0.05) is 46.3 Å². The fourth-order valence-corrected chi connectivity index (χ4v) is 2.84. The minimum Gasteiger partial charge on any atom is -0.347 e. The summed E-state index contributed by atoms with van der Waals surface area (Å²) in [7, 11) is 0. The molecule has 2 N–H and O–H groups in total. The Morgan fingerprint density at radius 1 is 1.39 bits per heavy atom. The molecule has 3 nitrogen and oxygen atoms in total. The molecule has 0 fully saturated rings. The highest BCUT2D eigenvalue weighted by Crippen LogP contribution is 2.27. The molecule has 1 amide bonds. The molecule has 0 aromatic heterocycles. The van der Waals surface area contributed by atoms with E-state index in [0.29, 0.717) is 11.1 Å². The number of rotatable bonds is 8. The third-order valence-corrected chi connectivity index (χ3v) is 3.93. The highest BCUT2D eigenvalue weighted by molar-refractivity contribution is 9.09. The molecule has 0 saturated carbocycles. The number of hydrogen-bond donors (Lipinski definition) is 2. The van der Waals surface area contributed by atoms with E-state index in [9.17, 15) is 4.79 Å². The number of carbonyl (C=O) groups excluding carboxylic acids is 1. The van der Waals surface area contributed by atoms with E-state index < -0.39 is 0 Å². The first-order valence-corrected chi connectivity index (χ1v) is 8.08. The molecule has 0 spiro atoms. The monoisotopic (exact) mass is 330 g/mol. The first-order chi connectivity index (χ1) is 8.74. The lowest BCUT2D eigenvalue weighted by molar-refractivity contribution is -0.118. The van der Waals surface area contributed by atoms with Crippen LogP contribution in [0.15, 0.2) is 30.3 Å². The predicted octanol–water partition coefficient (Wildman–Crippen LogP) is 2.54. The minimum absolute atomic E-state index is 0.0164. The van der Waals surface area contributed by atoms with Gasteiger partial charge in [0.15, 0.2) is 0 Å². The Balaban J connectivity index is 2.49. The topological polar surface area (TPSA) is 41.1 Å². The first kappa shape index (κ1) is 15.5. The Hall–Kier alpha value is -0.520. The van der Waals surface area contributed by atoms with Gasteiger partial charge in [0.2, 0.25) is 5.91 Å². The molecular formula is C13H19BrN2OS. The Bertz CT molecular complexity index is 348. The molecule has 100 valence electrons. The van der Waals surface area contributed by atoms with Gasteiger partial charge in [-0.15, -0.1) is 11.8 Å². The lowest BCUT2D eigenvalue weighted by Gasteiger charge is -2.17. The van der Waals surface area contributed by atoms with E-state index in [-0.39, 0.29) is 5.91 Å². The Labute approximate surface area is 121 Å². The van der Waals surface area contributed by atoms with Crippen LogP contribution in [-0.2, 0) is 4.79 Å². The van der Waals surface area contributed by atoms with E-state index >= 15 is 0 Å². The van der Waals surface area contributed by atoms with Crippen molar-refractivity contribution in [2.45, 2.75) is 12.2 Å². The summed E-state index contributed by atoms with van der Waals surface area (Å²) in [6, 6.07) is 10.4. The maximum atomic E-state index is 10.9. The summed E-state index contributed by atoms with van der Waals surface area (Å²) < 4.78 is 0. The van der Waals surface area contributed by atoms with E-state index in [2.05, 4.69) is 38.7 Å². The lowest BCUT2D eigenvalue weighted by atomic mass is 10.1. The van der Waals surface area contributed by atoms with Crippen LogP contribution in [0, 0.1) is 0 Å². The first-order valence-electron chi connectivity index (χ1n) is 5.91. The fourth-order valence-electron chi connectivity index (χ4n) is 1.48. The van der Waals surface area contributed by atoms with Crippen LogP contribution in [0.1, 0.15) is 17.7 Å². The average Bonchev–Trinajstić information content (AvgIpc) is 2.38. The van der Waals surface area contributed by atoms with E-state index in [0.717, 1.165) is 18.4 Å². The van der Waals surface area contributed by atoms with Crippen molar-refractivity contribution >= 4 is 33.6 Å². The molecule has 1 unspecified atom stereocenters. The van der Waals surface area contributed by atoms with Crippen molar-refractivity contribution in [1.82, 2.24) is 10.6 Å². The van der Waals surface area contributed by atoms with Gasteiger partial charge >= 0.3 is 0 Å². The second-order valence-corrected chi connectivity index (χ2v) is 5.82. The van der Waals surface area contributed by atoms with Crippen molar-refractivity contribution in [2.75, 3.05) is 24.3 Å². The molecule has 18 heavy (non-hydrogen) atoms. The van der Waals surface area contributed by atoms with E-state index in [4.69, 9.17) is 0 Å². The number of thioether (sulfide) groups is 1. The van der Waals surface area contributed by atoms with Gasteiger partial charge in [-0.2, -0.15) is 0 Å². The number of nitrogens with one attached hydrogen (secondary N) is 2. The Morgan fingerprint density at radius 2 is 2.11 bits per heavy atom. The number of carbonyl (C=O) groups is 1. The standard InChI is InChI=1S/C13H19BrN2OS/c1-11(17)16-10-18-13(9-15-8-7-14)12-5-3-2-4-6-12/h2-6,13,15H,7-10H2,1H3,(H,16,17). The van der Waals surface area contributed by atoms with Crippen molar-refractivity contribution in [3.05, 3.63) is 35.9 Å². The van der Waals surface area contributed by atoms with Crippen molar-refractivity contribution in [3.63, 3.8) is 0 Å². The van der Waals surface area contributed by atoms with Crippen molar-refractivity contribution in [2.24, 2.45) is 0 Å². The SMILES string of the molecule is CC(=O)NCSC(CNCCBr)c1ccccc1. The molecule has 0 aliphatic carbocycles. The third-order valence-electron chi connectivity index (χ3n) is 2.38. The molecule has 0 aliphatic rings. The second kappa shape index (κ2) is 9.42. The summed E-state index contributed by atoms with van der Waals surface area (Å²) in [5.74, 6) is 0.660. The number of amides is 1. The summed E-state index contributed by atoms with van der Waals surface area (Å²) in [5, 5.41) is 7.52. The molecule has 5 heteroatoms. The van der Waals surface area contributed by atoms with Crippen LogP contribution in [0.5, 0.6) is 0 Å². The largest absolute Gasteiger partial charge is 0.347 e. The van der Waals surface area contributed by atoms with Crippen LogP contribution in [0.4, 0.5) is 0 Å². The number of hydrogen-bond acceptors (Lipinski definition) is 3. The second-order valence-electron chi connectivity index (χ2n) is 3.84. The summed E-state index contributed by atoms with van der Waals surface area (Å²) in [5.41, 5.74) is 1.29. The summed E-state index contributed by atoms with van der Waals surface area (Å²) in [4.78, 5) is 10.9. The maximum absolute atomic E-state index is 10.9. The van der Waals surface area contributed by atoms with Gasteiger partial charge in [-0.25, -0.2) is 0 Å². The van der Waals surface area contributed by atoms with E-state index in [1.807, 2.05) is 18.2 Å². The molecule has 1 rings (SSSR count). The summed E-state index contributed by atoms with van der Waals surface area (Å²) in [6.45, 7) is 3.39. The van der Waals surface area contributed by atoms with E-state index in [1.54, 1.807) is 18.7 Å². The average molecular weight is 331 g/mol. The smallest absolute Gasteiger partial charge is 0.217 e. The molecule has 1 atom stereocenters. The van der Waals surface area contributed by atoms with Crippen LogP contribution in [-0.4, -0.2) is 30.2 Å². The molecule has 0 radical (unpaired) electrons. The zero-order valence-electron chi connectivity index (χ0n) is 10.5. The number of halogens is 1. The van der Waals surface area contributed by atoms with Crippen LogP contribution >= 0.6 is 27.7 Å². The quantitative estimate of drug-likeness (QED) is 0.437. The Morgan fingerprint density at radius 3 is 2.72 bits per heavy atom. The van der Waals surface area contributed by atoms with Gasteiger partial charge in [-0.3, -0.25) is 4.79 Å². The van der Waals surface area contributed by atoms with Gasteiger partial charge < -0.3 is 10.6 Å². The van der Waals surface area contributed by atoms with Crippen LogP contribution in [0.3, 0.4) is 0 Å². The molecule has 0 bridgehead atoms. The van der Waals surface area contributed by atoms with Crippen molar-refractivity contribution in [1.29, 1.82) is 0 Å². The molecule has 1 aromatic rings. The highest BCUT2D eigenvalue weighted by atomic mass is 79.9. The van der Waals surface area contributed by atoms with Crippen LogP contribution < -0.4 is 10.6 Å². The predicted molar refractivity (Wildman–Crippen MR) is 82.1 cm³/mol. The minimum atomic E-state index is 0.0164. The van der Waals surface area contributed by atoms with Gasteiger partial charge in [0.1, 0.15) is 0 Å². The summed E-state index contributed by atoms with van der Waals surface area (Å²) in [6.07, 6.45) is 0. The molecular weight excluding hydrogens is 312 g/mol. The fraction of sp³-hybridized carbons (Fsp3) is 0.462. The molecule has 0 heterocycles. The lowest BCUT2D eigenvalue weighted by Crippen LogP contribution is -2.25. The number of benzene rings is 1. The normalized spacial score (nSPS) is 12.1.